The molecule has 31 heavy (non-hydrogen) atoms. The normalized spacial score (nSPS) is 20.2. The van der Waals surface area contributed by atoms with E-state index in [0.717, 1.165) is 24.3 Å². The number of aliphatic hydroxyl groups is 1. The van der Waals surface area contributed by atoms with Crippen molar-refractivity contribution in [3.8, 4) is 0 Å². The molecule has 4 N–H and O–H groups in total. The number of carboxylic acids is 1. The van der Waals surface area contributed by atoms with Gasteiger partial charge < -0.3 is 19.6 Å². The second-order valence-corrected chi connectivity index (χ2v) is 8.33. The number of furan rings is 1. The van der Waals surface area contributed by atoms with Crippen LogP contribution in [-0.2, 0) is 10.0 Å². The molecule has 3 aromatic rings. The van der Waals surface area contributed by atoms with Crippen LogP contribution < -0.4 is 4.72 Å². The Labute approximate surface area is 173 Å². The van der Waals surface area contributed by atoms with E-state index in [2.05, 4.69) is 9.97 Å². The fraction of sp³-hybridized carbons (Fsp3) is 0.158. The van der Waals surface area contributed by atoms with Crippen molar-refractivity contribution >= 4 is 27.0 Å². The molecule has 1 aliphatic rings. The molecule has 3 unspecified atom stereocenters. The number of aromatic amines is 1. The number of nitrogens with one attached hydrogen (secondary N) is 2. The maximum absolute atomic E-state index is 15.2. The third kappa shape index (κ3) is 3.70. The van der Waals surface area contributed by atoms with Gasteiger partial charge in [-0.2, -0.15) is 8.42 Å². The third-order valence-corrected chi connectivity index (χ3v) is 6.06. The van der Waals surface area contributed by atoms with Gasteiger partial charge in [-0.3, -0.25) is 4.72 Å². The average molecular weight is 451 g/mol. The molecule has 3 heterocycles. The van der Waals surface area contributed by atoms with Crippen molar-refractivity contribution in [1.29, 1.82) is 0 Å². The molecule has 0 radical (unpaired) electrons. The molecule has 0 bridgehead atoms. The number of carboxylic acid groups (broad SMARTS) is 1. The lowest BCUT2D eigenvalue weighted by atomic mass is 9.86. The minimum atomic E-state index is -4.50. The first kappa shape index (κ1) is 20.8. The summed E-state index contributed by atoms with van der Waals surface area (Å²) in [5.41, 5.74) is 0.0629. The van der Waals surface area contributed by atoms with Crippen LogP contribution in [0.1, 0.15) is 22.2 Å². The fourth-order valence-electron chi connectivity index (χ4n) is 3.31. The van der Waals surface area contributed by atoms with Crippen LogP contribution in [0.5, 0.6) is 0 Å². The van der Waals surface area contributed by atoms with E-state index in [0.29, 0.717) is 11.0 Å². The van der Waals surface area contributed by atoms with E-state index in [1.54, 1.807) is 12.1 Å². The predicted octanol–water partition coefficient (Wildman–Crippen LogP) is 2.57. The molecule has 0 fully saturated rings. The molecule has 3 atom stereocenters. The second-order valence-electron chi connectivity index (χ2n) is 6.72. The Bertz CT molecular complexity index is 1330. The number of aromatic carboxylic acids is 1. The van der Waals surface area contributed by atoms with Gasteiger partial charge in [-0.25, -0.2) is 18.6 Å². The Morgan fingerprint density at radius 3 is 2.77 bits per heavy atom. The molecule has 0 amide bonds. The van der Waals surface area contributed by atoms with Crippen molar-refractivity contribution in [2.45, 2.75) is 17.4 Å². The van der Waals surface area contributed by atoms with Crippen LogP contribution in [-0.4, -0.2) is 40.7 Å². The maximum Gasteiger partial charge on any atom is 0.371 e. The molecule has 0 saturated heterocycles. The summed E-state index contributed by atoms with van der Waals surface area (Å²) in [4.78, 5) is 17.7. The van der Waals surface area contributed by atoms with E-state index in [4.69, 9.17) is 9.52 Å². The van der Waals surface area contributed by atoms with Crippen molar-refractivity contribution in [2.75, 3.05) is 0 Å². The summed E-state index contributed by atoms with van der Waals surface area (Å²) in [6, 6.07) is 5.03. The van der Waals surface area contributed by atoms with Gasteiger partial charge in [0.05, 0.1) is 17.7 Å². The van der Waals surface area contributed by atoms with Crippen molar-refractivity contribution in [3.05, 3.63) is 71.7 Å². The number of alkyl halides is 1. The topological polar surface area (TPSA) is 146 Å². The Morgan fingerprint density at radius 1 is 1.29 bits per heavy atom. The minimum absolute atomic E-state index is 0.195. The first-order valence-electron chi connectivity index (χ1n) is 8.86. The molecule has 3 aromatic heterocycles. The smallest absolute Gasteiger partial charge is 0.371 e. The summed E-state index contributed by atoms with van der Waals surface area (Å²) in [5.74, 6) is -4.81. The molecular weight excluding hydrogens is 436 g/mol. The number of allylic oxidation sites excluding steroid dienone is 3. The number of sulfonamides is 1. The lowest BCUT2D eigenvalue weighted by molar-refractivity contribution is 0.0655. The van der Waals surface area contributed by atoms with Crippen molar-refractivity contribution in [2.24, 2.45) is 5.92 Å². The van der Waals surface area contributed by atoms with Crippen LogP contribution in [0.4, 0.5) is 8.78 Å². The van der Waals surface area contributed by atoms with Gasteiger partial charge in [0.2, 0.25) is 10.9 Å². The minimum Gasteiger partial charge on any atom is -0.475 e. The van der Waals surface area contributed by atoms with Crippen LogP contribution >= 0.6 is 0 Å². The monoisotopic (exact) mass is 451 g/mol. The third-order valence-electron chi connectivity index (χ3n) is 4.80. The van der Waals surface area contributed by atoms with Gasteiger partial charge in [0.15, 0.2) is 6.17 Å². The van der Waals surface area contributed by atoms with Gasteiger partial charge in [0.25, 0.3) is 10.0 Å². The highest BCUT2D eigenvalue weighted by molar-refractivity contribution is 7.89. The average Bonchev–Trinajstić information content (AvgIpc) is 3.38. The number of carbonyl (C=O) groups is 1. The molecule has 0 aromatic carbocycles. The van der Waals surface area contributed by atoms with Gasteiger partial charge in [-0.1, -0.05) is 0 Å². The standard InChI is InChI=1S/C19H15F2N3O6S/c20-11-3-4-12(24-31(28,29)14-6-5-13(30-14)19(26)27)16(21)15(11)17(25)10-8-23-18-9(10)2-1-7-22-18/h1-8,15-17,24-25H,(H,22,23)(H,26,27). The van der Waals surface area contributed by atoms with Crippen molar-refractivity contribution < 1.29 is 36.6 Å². The van der Waals surface area contributed by atoms with Crippen LogP contribution in [0.15, 0.2) is 69.8 Å². The Morgan fingerprint density at radius 2 is 2.06 bits per heavy atom. The van der Waals surface area contributed by atoms with Crippen LogP contribution in [0, 0.1) is 5.92 Å². The van der Waals surface area contributed by atoms with E-state index in [9.17, 15) is 22.7 Å². The van der Waals surface area contributed by atoms with Crippen LogP contribution in [0.3, 0.4) is 0 Å². The van der Waals surface area contributed by atoms with Gasteiger partial charge in [0.1, 0.15) is 11.5 Å². The van der Waals surface area contributed by atoms with Crippen LogP contribution in [0.25, 0.3) is 11.0 Å². The predicted molar refractivity (Wildman–Crippen MR) is 103 cm³/mol. The largest absolute Gasteiger partial charge is 0.475 e. The molecule has 1 aliphatic carbocycles. The number of fused-ring (bicyclic) bond motifs is 1. The Kier molecular flexibility index (Phi) is 5.11. The molecular formula is C19H15F2N3O6S. The summed E-state index contributed by atoms with van der Waals surface area (Å²) in [5, 5.41) is 19.3. The zero-order valence-electron chi connectivity index (χ0n) is 15.5. The number of H-pyrrole nitrogens is 1. The summed E-state index contributed by atoms with van der Waals surface area (Å²) < 4.78 is 61.3. The molecule has 12 heteroatoms. The fourth-order valence-corrected chi connectivity index (χ4v) is 4.35. The van der Waals surface area contributed by atoms with E-state index in [1.807, 2.05) is 4.72 Å². The SMILES string of the molecule is O=C(O)c1ccc(S(=O)(=O)NC2=CC=C(F)C(C(O)c3c[nH]c4ncccc34)C2F)o1. The van der Waals surface area contributed by atoms with E-state index >= 15 is 4.39 Å². The molecule has 0 spiro atoms. The number of halogens is 2. The summed E-state index contributed by atoms with van der Waals surface area (Å²) >= 11 is 0. The van der Waals surface area contributed by atoms with Gasteiger partial charge in [0, 0.05) is 23.3 Å². The Balaban J connectivity index is 1.61. The first-order valence-corrected chi connectivity index (χ1v) is 10.3. The van der Waals surface area contributed by atoms with Gasteiger partial charge in [-0.15, -0.1) is 0 Å². The van der Waals surface area contributed by atoms with Gasteiger partial charge in [-0.05, 0) is 36.4 Å². The zero-order chi connectivity index (χ0) is 22.3. The van der Waals surface area contributed by atoms with Gasteiger partial charge >= 0.3 is 5.97 Å². The lowest BCUT2D eigenvalue weighted by Gasteiger charge is -2.29. The van der Waals surface area contributed by atoms with E-state index < -0.39 is 56.6 Å². The number of aliphatic hydroxyl groups excluding tert-OH is 1. The number of nitrogens with zero attached hydrogens (tertiary/aromatic N) is 1. The highest BCUT2D eigenvalue weighted by Gasteiger charge is 2.40. The quantitative estimate of drug-likeness (QED) is 0.451. The van der Waals surface area contributed by atoms with Crippen molar-refractivity contribution in [1.82, 2.24) is 14.7 Å². The molecule has 9 nitrogen and oxygen atoms in total. The number of rotatable bonds is 6. The van der Waals surface area contributed by atoms with E-state index in [-0.39, 0.29) is 5.56 Å². The maximum atomic E-state index is 15.2. The van der Waals surface area contributed by atoms with Crippen molar-refractivity contribution in [3.63, 3.8) is 0 Å². The van der Waals surface area contributed by atoms with E-state index in [1.165, 1.54) is 12.4 Å². The first-order chi connectivity index (χ1) is 14.7. The lowest BCUT2D eigenvalue weighted by Crippen LogP contribution is -2.36. The number of hydrogen-bond acceptors (Lipinski definition) is 6. The van der Waals surface area contributed by atoms with Crippen LogP contribution in [0.2, 0.25) is 0 Å². The number of aromatic nitrogens is 2. The molecule has 162 valence electrons. The highest BCUT2D eigenvalue weighted by Crippen LogP contribution is 2.40. The molecule has 4 rings (SSSR count). The molecule has 0 saturated carbocycles. The zero-order valence-corrected chi connectivity index (χ0v) is 16.3. The second kappa shape index (κ2) is 7.63. The molecule has 0 aliphatic heterocycles. The highest BCUT2D eigenvalue weighted by atomic mass is 32.2. The Hall–Kier alpha value is -3.51. The summed E-state index contributed by atoms with van der Waals surface area (Å²) in [6.07, 6.45) is 0.706. The summed E-state index contributed by atoms with van der Waals surface area (Å²) in [7, 11) is -4.50. The number of pyridine rings is 1. The number of hydrogen-bond donors (Lipinski definition) is 4. The summed E-state index contributed by atoms with van der Waals surface area (Å²) in [6.45, 7) is 0.